The standard InChI is InChI=1S/C11H10N4O3S/c12-10(16)6-3-4-8(15-14-6)13-9(11(17)18)7-2-1-5-19-7/h1-5,9H,(H2,12,16)(H,13,15)(H,17,18). The lowest BCUT2D eigenvalue weighted by molar-refractivity contribution is -0.138. The summed E-state index contributed by atoms with van der Waals surface area (Å²) in [7, 11) is 0. The van der Waals surface area contributed by atoms with Crippen LogP contribution in [0.5, 0.6) is 0 Å². The number of hydrogen-bond donors (Lipinski definition) is 3. The summed E-state index contributed by atoms with van der Waals surface area (Å²) >= 11 is 1.32. The molecule has 0 saturated heterocycles. The molecule has 0 radical (unpaired) electrons. The molecule has 2 aromatic rings. The maximum atomic E-state index is 11.2. The van der Waals surface area contributed by atoms with Crippen LogP contribution in [0.3, 0.4) is 0 Å². The second kappa shape index (κ2) is 5.44. The van der Waals surface area contributed by atoms with Crippen molar-refractivity contribution in [2.24, 2.45) is 5.73 Å². The van der Waals surface area contributed by atoms with Crippen LogP contribution in [0.25, 0.3) is 0 Å². The van der Waals surface area contributed by atoms with Gasteiger partial charge < -0.3 is 16.2 Å². The summed E-state index contributed by atoms with van der Waals surface area (Å²) in [6.07, 6.45) is 0. The summed E-state index contributed by atoms with van der Waals surface area (Å²) in [5.41, 5.74) is 5.06. The summed E-state index contributed by atoms with van der Waals surface area (Å²) in [6, 6.07) is 5.40. The van der Waals surface area contributed by atoms with E-state index in [4.69, 9.17) is 5.73 Å². The molecule has 0 fully saturated rings. The van der Waals surface area contributed by atoms with Crippen molar-refractivity contribution in [2.45, 2.75) is 6.04 Å². The van der Waals surface area contributed by atoms with Gasteiger partial charge in [0.25, 0.3) is 5.91 Å². The molecule has 98 valence electrons. The van der Waals surface area contributed by atoms with Crippen LogP contribution in [0.15, 0.2) is 29.6 Å². The van der Waals surface area contributed by atoms with E-state index >= 15 is 0 Å². The van der Waals surface area contributed by atoms with E-state index in [2.05, 4.69) is 15.5 Å². The van der Waals surface area contributed by atoms with Crippen molar-refractivity contribution in [3.63, 3.8) is 0 Å². The van der Waals surface area contributed by atoms with Crippen LogP contribution in [0.1, 0.15) is 21.4 Å². The number of carboxylic acid groups (broad SMARTS) is 1. The fourth-order valence-electron chi connectivity index (χ4n) is 1.40. The number of nitrogens with one attached hydrogen (secondary N) is 1. The molecule has 2 aromatic heterocycles. The Hall–Kier alpha value is -2.48. The second-order valence-corrected chi connectivity index (χ2v) is 4.58. The summed E-state index contributed by atoms with van der Waals surface area (Å²) in [5, 5.41) is 21.0. The highest BCUT2D eigenvalue weighted by Crippen LogP contribution is 2.22. The van der Waals surface area contributed by atoms with Crippen molar-refractivity contribution >= 4 is 29.0 Å². The van der Waals surface area contributed by atoms with Crippen LogP contribution in [0, 0.1) is 0 Å². The molecule has 0 aliphatic rings. The van der Waals surface area contributed by atoms with Gasteiger partial charge in [-0.1, -0.05) is 6.07 Å². The van der Waals surface area contributed by atoms with Gasteiger partial charge in [0.2, 0.25) is 0 Å². The third-order valence-corrected chi connectivity index (χ3v) is 3.22. The molecular weight excluding hydrogens is 268 g/mol. The largest absolute Gasteiger partial charge is 0.479 e. The molecule has 0 bridgehead atoms. The van der Waals surface area contributed by atoms with Crippen molar-refractivity contribution in [3.8, 4) is 0 Å². The van der Waals surface area contributed by atoms with Crippen LogP contribution in [0.4, 0.5) is 5.82 Å². The van der Waals surface area contributed by atoms with E-state index in [9.17, 15) is 14.7 Å². The first kappa shape index (κ1) is 13.0. The number of aromatic nitrogens is 2. The van der Waals surface area contributed by atoms with E-state index < -0.39 is 17.9 Å². The Morgan fingerprint density at radius 1 is 1.32 bits per heavy atom. The van der Waals surface area contributed by atoms with E-state index in [-0.39, 0.29) is 11.5 Å². The Morgan fingerprint density at radius 2 is 2.11 bits per heavy atom. The average Bonchev–Trinajstić information content (AvgIpc) is 2.89. The number of anilines is 1. The van der Waals surface area contributed by atoms with E-state index in [1.165, 1.54) is 23.5 Å². The molecule has 0 aliphatic heterocycles. The summed E-state index contributed by atoms with van der Waals surface area (Å²) in [6.45, 7) is 0. The van der Waals surface area contributed by atoms with Gasteiger partial charge in [-0.25, -0.2) is 4.79 Å². The highest BCUT2D eigenvalue weighted by Gasteiger charge is 2.21. The van der Waals surface area contributed by atoms with Crippen LogP contribution in [-0.4, -0.2) is 27.2 Å². The van der Waals surface area contributed by atoms with Crippen LogP contribution in [-0.2, 0) is 4.79 Å². The van der Waals surface area contributed by atoms with E-state index in [1.54, 1.807) is 17.5 Å². The molecule has 4 N–H and O–H groups in total. The number of carboxylic acids is 1. The van der Waals surface area contributed by atoms with Crippen molar-refractivity contribution in [1.82, 2.24) is 10.2 Å². The molecule has 8 heteroatoms. The van der Waals surface area contributed by atoms with Gasteiger partial charge in [-0.15, -0.1) is 21.5 Å². The zero-order valence-electron chi connectivity index (χ0n) is 9.61. The van der Waals surface area contributed by atoms with Crippen LogP contribution in [0.2, 0.25) is 0 Å². The second-order valence-electron chi connectivity index (χ2n) is 3.60. The van der Waals surface area contributed by atoms with E-state index in [0.29, 0.717) is 4.88 Å². The smallest absolute Gasteiger partial charge is 0.331 e. The van der Waals surface area contributed by atoms with Crippen molar-refractivity contribution < 1.29 is 14.7 Å². The maximum Gasteiger partial charge on any atom is 0.331 e. The molecule has 0 aliphatic carbocycles. The SMILES string of the molecule is NC(=O)c1ccc(NC(C(=O)O)c2cccs2)nn1. The maximum absolute atomic E-state index is 11.2. The Kier molecular flexibility index (Phi) is 3.71. The Bertz CT molecular complexity index is 582. The molecule has 0 spiro atoms. The quantitative estimate of drug-likeness (QED) is 0.747. The van der Waals surface area contributed by atoms with Gasteiger partial charge in [0, 0.05) is 4.88 Å². The van der Waals surface area contributed by atoms with E-state index in [1.807, 2.05) is 0 Å². The molecular formula is C11H10N4O3S. The Labute approximate surface area is 112 Å². The third kappa shape index (κ3) is 3.05. The monoisotopic (exact) mass is 278 g/mol. The molecule has 0 aromatic carbocycles. The molecule has 1 unspecified atom stereocenters. The molecule has 7 nitrogen and oxygen atoms in total. The first-order chi connectivity index (χ1) is 9.08. The van der Waals surface area contributed by atoms with Crippen molar-refractivity contribution in [2.75, 3.05) is 5.32 Å². The number of thiophene rings is 1. The zero-order chi connectivity index (χ0) is 13.8. The van der Waals surface area contributed by atoms with Crippen LogP contribution < -0.4 is 11.1 Å². The number of amides is 1. The predicted molar refractivity (Wildman–Crippen MR) is 68.9 cm³/mol. The van der Waals surface area contributed by atoms with E-state index in [0.717, 1.165) is 0 Å². The molecule has 2 rings (SSSR count). The Morgan fingerprint density at radius 3 is 2.58 bits per heavy atom. The fourth-order valence-corrected chi connectivity index (χ4v) is 2.17. The number of carbonyl (C=O) groups excluding carboxylic acids is 1. The predicted octanol–water partition coefficient (Wildman–Crippen LogP) is 0.875. The number of rotatable bonds is 5. The van der Waals surface area contributed by atoms with Gasteiger partial charge >= 0.3 is 5.97 Å². The molecule has 0 saturated carbocycles. The highest BCUT2D eigenvalue weighted by molar-refractivity contribution is 7.10. The number of nitrogens with zero attached hydrogens (tertiary/aromatic N) is 2. The van der Waals surface area contributed by atoms with Gasteiger partial charge in [-0.2, -0.15) is 0 Å². The number of aliphatic carboxylic acids is 1. The molecule has 1 atom stereocenters. The first-order valence-corrected chi connectivity index (χ1v) is 6.12. The summed E-state index contributed by atoms with van der Waals surface area (Å²) < 4.78 is 0. The normalized spacial score (nSPS) is 11.8. The van der Waals surface area contributed by atoms with Gasteiger partial charge in [0.05, 0.1) is 0 Å². The highest BCUT2D eigenvalue weighted by atomic mass is 32.1. The van der Waals surface area contributed by atoms with Crippen LogP contribution >= 0.6 is 11.3 Å². The minimum Gasteiger partial charge on any atom is -0.479 e. The van der Waals surface area contributed by atoms with Crippen molar-refractivity contribution in [3.05, 3.63) is 40.2 Å². The number of carbonyl (C=O) groups is 2. The van der Waals surface area contributed by atoms with Gasteiger partial charge in [-0.05, 0) is 23.6 Å². The first-order valence-electron chi connectivity index (χ1n) is 5.24. The topological polar surface area (TPSA) is 118 Å². The number of hydrogen-bond acceptors (Lipinski definition) is 6. The fraction of sp³-hybridized carbons (Fsp3) is 0.0909. The minimum atomic E-state index is -1.02. The molecule has 1 amide bonds. The summed E-state index contributed by atoms with van der Waals surface area (Å²) in [5.74, 6) is -1.46. The van der Waals surface area contributed by atoms with Gasteiger partial charge in [0.1, 0.15) is 5.82 Å². The number of nitrogens with two attached hydrogens (primary N) is 1. The Balaban J connectivity index is 2.18. The average molecular weight is 278 g/mol. The zero-order valence-corrected chi connectivity index (χ0v) is 10.4. The number of primary amides is 1. The third-order valence-electron chi connectivity index (χ3n) is 2.28. The minimum absolute atomic E-state index is 0.0218. The lowest BCUT2D eigenvalue weighted by atomic mass is 10.2. The summed E-state index contributed by atoms with van der Waals surface area (Å²) in [4.78, 5) is 22.7. The lowest BCUT2D eigenvalue weighted by Gasteiger charge is -2.12. The molecule has 2 heterocycles. The van der Waals surface area contributed by atoms with Gasteiger partial charge in [0.15, 0.2) is 11.7 Å². The lowest BCUT2D eigenvalue weighted by Crippen LogP contribution is -2.21. The van der Waals surface area contributed by atoms with Crippen molar-refractivity contribution in [1.29, 1.82) is 0 Å². The molecule has 19 heavy (non-hydrogen) atoms. The van der Waals surface area contributed by atoms with Gasteiger partial charge in [-0.3, -0.25) is 4.79 Å².